The zero-order valence-corrected chi connectivity index (χ0v) is 11.6. The Labute approximate surface area is 115 Å². The van der Waals surface area contributed by atoms with Crippen LogP contribution >= 0.6 is 11.6 Å². The highest BCUT2D eigenvalue weighted by atomic mass is 35.5. The molecule has 0 aliphatic heterocycles. The Balaban J connectivity index is 2.58. The number of halogens is 1. The summed E-state index contributed by atoms with van der Waals surface area (Å²) in [5, 5.41) is 9.60. The Hall–Kier alpha value is -1.88. The third-order valence-electron chi connectivity index (χ3n) is 2.63. The van der Waals surface area contributed by atoms with Crippen molar-refractivity contribution in [3.63, 3.8) is 0 Å². The van der Waals surface area contributed by atoms with E-state index in [2.05, 4.69) is 15.0 Å². The van der Waals surface area contributed by atoms with Crippen molar-refractivity contribution in [1.82, 2.24) is 15.0 Å². The van der Waals surface area contributed by atoms with E-state index >= 15 is 0 Å². The van der Waals surface area contributed by atoms with Crippen LogP contribution in [0, 0.1) is 0 Å². The average Bonchev–Trinajstić information content (AvgIpc) is 2.74. The van der Waals surface area contributed by atoms with Crippen LogP contribution in [0.1, 0.15) is 37.1 Å². The monoisotopic (exact) mass is 279 g/mol. The second-order valence-electron chi connectivity index (χ2n) is 5.23. The maximum Gasteiger partial charge on any atom is 0.354 e. The van der Waals surface area contributed by atoms with E-state index in [-0.39, 0.29) is 11.1 Å². The van der Waals surface area contributed by atoms with E-state index in [0.717, 1.165) is 0 Å². The van der Waals surface area contributed by atoms with Crippen molar-refractivity contribution in [2.75, 3.05) is 0 Å². The van der Waals surface area contributed by atoms with Crippen molar-refractivity contribution in [2.24, 2.45) is 0 Å². The van der Waals surface area contributed by atoms with Crippen LogP contribution in [0.3, 0.4) is 0 Å². The highest BCUT2D eigenvalue weighted by molar-refractivity contribution is 6.29. The smallest absolute Gasteiger partial charge is 0.354 e. The Morgan fingerprint density at radius 3 is 2.53 bits per heavy atom. The topological polar surface area (TPSA) is 78.9 Å². The highest BCUT2D eigenvalue weighted by Crippen LogP contribution is 2.27. The van der Waals surface area contributed by atoms with E-state index in [4.69, 9.17) is 11.6 Å². The summed E-state index contributed by atoms with van der Waals surface area (Å²) in [6.07, 6.45) is 1.51. The van der Waals surface area contributed by atoms with Gasteiger partial charge < -0.3 is 10.1 Å². The standard InChI is InChI=1S/C13H14ClN3O2/c1-13(2,3)12-16-9(10(17-12)11(18)19)7-4-5-8(14)15-6-7/h4-6H,1-3H3,(H,16,17)(H,18,19). The molecule has 5 nitrogen and oxygen atoms in total. The number of nitrogens with zero attached hydrogens (tertiary/aromatic N) is 2. The van der Waals surface area contributed by atoms with Crippen molar-refractivity contribution in [1.29, 1.82) is 0 Å². The molecule has 100 valence electrons. The Morgan fingerprint density at radius 1 is 1.37 bits per heavy atom. The SMILES string of the molecule is CC(C)(C)c1nc(-c2ccc(Cl)nc2)c(C(=O)O)[nH]1. The van der Waals surface area contributed by atoms with Crippen molar-refractivity contribution in [3.05, 3.63) is 35.0 Å². The van der Waals surface area contributed by atoms with Gasteiger partial charge in [0.25, 0.3) is 0 Å². The normalized spacial score (nSPS) is 11.6. The predicted octanol–water partition coefficient (Wildman–Crippen LogP) is 3.12. The number of carboxylic acids is 1. The minimum Gasteiger partial charge on any atom is -0.477 e. The van der Waals surface area contributed by atoms with Crippen molar-refractivity contribution in [2.45, 2.75) is 26.2 Å². The van der Waals surface area contributed by atoms with Crippen molar-refractivity contribution >= 4 is 17.6 Å². The van der Waals surface area contributed by atoms with E-state index in [1.54, 1.807) is 12.1 Å². The summed E-state index contributed by atoms with van der Waals surface area (Å²) in [6, 6.07) is 3.30. The molecular weight excluding hydrogens is 266 g/mol. The molecule has 0 radical (unpaired) electrons. The number of aromatic amines is 1. The number of H-pyrrole nitrogens is 1. The number of imidazole rings is 1. The molecule has 0 saturated heterocycles. The lowest BCUT2D eigenvalue weighted by atomic mass is 9.96. The van der Waals surface area contributed by atoms with E-state index in [1.165, 1.54) is 6.20 Å². The van der Waals surface area contributed by atoms with Gasteiger partial charge in [-0.15, -0.1) is 0 Å². The third-order valence-corrected chi connectivity index (χ3v) is 2.85. The number of hydrogen-bond donors (Lipinski definition) is 2. The summed E-state index contributed by atoms with van der Waals surface area (Å²) in [7, 11) is 0. The molecule has 0 aliphatic carbocycles. The molecule has 2 aromatic heterocycles. The number of hydrogen-bond acceptors (Lipinski definition) is 3. The number of nitrogens with one attached hydrogen (secondary N) is 1. The first-order chi connectivity index (χ1) is 8.79. The maximum atomic E-state index is 11.3. The number of pyridine rings is 1. The number of aromatic nitrogens is 3. The fourth-order valence-corrected chi connectivity index (χ4v) is 1.72. The van der Waals surface area contributed by atoms with Gasteiger partial charge in [-0.2, -0.15) is 0 Å². The summed E-state index contributed by atoms with van der Waals surface area (Å²) >= 11 is 5.72. The van der Waals surface area contributed by atoms with E-state index in [0.29, 0.717) is 22.2 Å². The van der Waals surface area contributed by atoms with Gasteiger partial charge in [0, 0.05) is 17.2 Å². The molecule has 6 heteroatoms. The molecule has 0 unspecified atom stereocenters. The molecule has 0 amide bonds. The third kappa shape index (κ3) is 2.76. The average molecular weight is 280 g/mol. The van der Waals surface area contributed by atoms with Crippen LogP contribution in [-0.4, -0.2) is 26.0 Å². The Kier molecular flexibility index (Phi) is 3.32. The van der Waals surface area contributed by atoms with E-state index < -0.39 is 5.97 Å². The van der Waals surface area contributed by atoms with Gasteiger partial charge in [-0.05, 0) is 12.1 Å². The van der Waals surface area contributed by atoms with Crippen molar-refractivity contribution < 1.29 is 9.90 Å². The lowest BCUT2D eigenvalue weighted by molar-refractivity contribution is 0.0692. The quantitative estimate of drug-likeness (QED) is 0.828. The molecule has 0 saturated carbocycles. The van der Waals surface area contributed by atoms with Gasteiger partial charge in [0.1, 0.15) is 16.7 Å². The molecule has 0 atom stereocenters. The maximum absolute atomic E-state index is 11.3. The van der Waals surface area contributed by atoms with Crippen LogP contribution in [-0.2, 0) is 5.41 Å². The van der Waals surface area contributed by atoms with Gasteiger partial charge in [0.15, 0.2) is 5.69 Å². The molecular formula is C13H14ClN3O2. The van der Waals surface area contributed by atoms with Gasteiger partial charge in [-0.3, -0.25) is 0 Å². The molecule has 0 bridgehead atoms. The van der Waals surface area contributed by atoms with E-state index in [9.17, 15) is 9.90 Å². The zero-order chi connectivity index (χ0) is 14.2. The number of carboxylic acid groups (broad SMARTS) is 1. The van der Waals surface area contributed by atoms with Gasteiger partial charge in [0.2, 0.25) is 0 Å². The number of aromatic carboxylic acids is 1. The summed E-state index contributed by atoms with van der Waals surface area (Å²) in [5.74, 6) is -0.428. The molecule has 2 rings (SSSR count). The molecule has 0 fully saturated rings. The summed E-state index contributed by atoms with van der Waals surface area (Å²) in [6.45, 7) is 5.88. The van der Waals surface area contributed by atoms with Gasteiger partial charge in [-0.25, -0.2) is 14.8 Å². The van der Waals surface area contributed by atoms with Crippen LogP contribution in [0.2, 0.25) is 5.15 Å². The molecule has 0 spiro atoms. The van der Waals surface area contributed by atoms with Crippen LogP contribution in [0.15, 0.2) is 18.3 Å². The molecule has 2 N–H and O–H groups in total. The van der Waals surface area contributed by atoms with Crippen LogP contribution in [0.25, 0.3) is 11.3 Å². The van der Waals surface area contributed by atoms with Gasteiger partial charge >= 0.3 is 5.97 Å². The molecule has 0 aliphatic rings. The fraction of sp³-hybridized carbons (Fsp3) is 0.308. The second-order valence-corrected chi connectivity index (χ2v) is 5.62. The molecule has 19 heavy (non-hydrogen) atoms. The minimum absolute atomic E-state index is 0.0639. The molecule has 0 aromatic carbocycles. The zero-order valence-electron chi connectivity index (χ0n) is 10.9. The second kappa shape index (κ2) is 4.66. The van der Waals surface area contributed by atoms with Crippen LogP contribution in [0.5, 0.6) is 0 Å². The summed E-state index contributed by atoms with van der Waals surface area (Å²) in [5.41, 5.74) is 0.798. The van der Waals surface area contributed by atoms with E-state index in [1.807, 2.05) is 20.8 Å². The Morgan fingerprint density at radius 2 is 2.05 bits per heavy atom. The first-order valence-corrected chi connectivity index (χ1v) is 6.12. The van der Waals surface area contributed by atoms with Gasteiger partial charge in [0.05, 0.1) is 0 Å². The minimum atomic E-state index is -1.05. The van der Waals surface area contributed by atoms with Crippen LogP contribution in [0.4, 0.5) is 0 Å². The predicted molar refractivity (Wildman–Crippen MR) is 72.5 cm³/mol. The van der Waals surface area contributed by atoms with Crippen LogP contribution < -0.4 is 0 Å². The Bertz CT molecular complexity index is 612. The number of carbonyl (C=O) groups is 1. The first-order valence-electron chi connectivity index (χ1n) is 5.75. The van der Waals surface area contributed by atoms with Crippen molar-refractivity contribution in [3.8, 4) is 11.3 Å². The summed E-state index contributed by atoms with van der Waals surface area (Å²) in [4.78, 5) is 22.5. The number of rotatable bonds is 2. The lowest BCUT2D eigenvalue weighted by Gasteiger charge is -2.13. The fourth-order valence-electron chi connectivity index (χ4n) is 1.61. The molecule has 2 aromatic rings. The first kappa shape index (κ1) is 13.5. The summed E-state index contributed by atoms with van der Waals surface area (Å²) < 4.78 is 0. The largest absolute Gasteiger partial charge is 0.477 e. The molecule has 2 heterocycles. The highest BCUT2D eigenvalue weighted by Gasteiger charge is 2.24. The van der Waals surface area contributed by atoms with Gasteiger partial charge in [-0.1, -0.05) is 32.4 Å². The lowest BCUT2D eigenvalue weighted by Crippen LogP contribution is -2.13.